The van der Waals surface area contributed by atoms with Gasteiger partial charge in [0.2, 0.25) is 0 Å². The SMILES string of the molecule is CC1OCCC1SCC(CS)C(C)(C)C. The molecule has 0 aromatic carbocycles. The van der Waals surface area contributed by atoms with Crippen molar-refractivity contribution in [3.05, 3.63) is 0 Å². The van der Waals surface area contributed by atoms with Crippen molar-refractivity contribution in [1.29, 1.82) is 0 Å². The smallest absolute Gasteiger partial charge is 0.0666 e. The maximum absolute atomic E-state index is 5.58. The van der Waals surface area contributed by atoms with Crippen molar-refractivity contribution in [2.45, 2.75) is 45.5 Å². The van der Waals surface area contributed by atoms with Gasteiger partial charge < -0.3 is 4.74 Å². The highest BCUT2D eigenvalue weighted by Gasteiger charge is 2.28. The number of hydrogen-bond acceptors (Lipinski definition) is 3. The topological polar surface area (TPSA) is 9.23 Å². The Morgan fingerprint density at radius 3 is 2.53 bits per heavy atom. The van der Waals surface area contributed by atoms with Crippen LogP contribution in [-0.4, -0.2) is 29.5 Å². The molecule has 90 valence electrons. The Kier molecular flexibility index (Phi) is 5.33. The molecule has 3 unspecified atom stereocenters. The van der Waals surface area contributed by atoms with Crippen LogP contribution in [0.25, 0.3) is 0 Å². The molecule has 0 N–H and O–H groups in total. The summed E-state index contributed by atoms with van der Waals surface area (Å²) in [6, 6.07) is 0. The molecule has 0 radical (unpaired) electrons. The fraction of sp³-hybridized carbons (Fsp3) is 1.00. The molecule has 0 spiro atoms. The number of hydrogen-bond donors (Lipinski definition) is 1. The minimum absolute atomic E-state index is 0.372. The van der Waals surface area contributed by atoms with Crippen LogP contribution in [-0.2, 0) is 4.74 Å². The van der Waals surface area contributed by atoms with Crippen LogP contribution in [0.15, 0.2) is 0 Å². The lowest BCUT2D eigenvalue weighted by molar-refractivity contribution is 0.127. The predicted molar refractivity (Wildman–Crippen MR) is 73.1 cm³/mol. The van der Waals surface area contributed by atoms with E-state index in [-0.39, 0.29) is 0 Å². The largest absolute Gasteiger partial charge is 0.377 e. The third-order valence-electron chi connectivity index (χ3n) is 3.26. The molecule has 0 amide bonds. The zero-order valence-corrected chi connectivity index (χ0v) is 12.0. The number of thioether (sulfide) groups is 1. The van der Waals surface area contributed by atoms with E-state index in [1.54, 1.807) is 0 Å². The molecule has 1 saturated heterocycles. The van der Waals surface area contributed by atoms with Gasteiger partial charge in [-0.3, -0.25) is 0 Å². The summed E-state index contributed by atoms with van der Waals surface area (Å²) in [4.78, 5) is 0. The van der Waals surface area contributed by atoms with E-state index in [1.807, 2.05) is 0 Å². The van der Waals surface area contributed by atoms with Crippen LogP contribution in [0.1, 0.15) is 34.1 Å². The van der Waals surface area contributed by atoms with Gasteiger partial charge in [-0.2, -0.15) is 24.4 Å². The normalized spacial score (nSPS) is 29.4. The van der Waals surface area contributed by atoms with Crippen molar-refractivity contribution >= 4 is 24.4 Å². The molecule has 1 rings (SSSR count). The molecule has 0 aliphatic carbocycles. The third-order valence-corrected chi connectivity index (χ3v) is 5.35. The van der Waals surface area contributed by atoms with Crippen LogP contribution in [0.3, 0.4) is 0 Å². The summed E-state index contributed by atoms with van der Waals surface area (Å²) >= 11 is 6.54. The summed E-state index contributed by atoms with van der Waals surface area (Å²) in [5.41, 5.74) is 0.372. The summed E-state index contributed by atoms with van der Waals surface area (Å²) in [7, 11) is 0. The van der Waals surface area contributed by atoms with Crippen molar-refractivity contribution < 1.29 is 4.74 Å². The minimum atomic E-state index is 0.372. The van der Waals surface area contributed by atoms with Crippen molar-refractivity contribution in [2.24, 2.45) is 11.3 Å². The van der Waals surface area contributed by atoms with Crippen molar-refractivity contribution in [1.82, 2.24) is 0 Å². The third kappa shape index (κ3) is 4.20. The maximum Gasteiger partial charge on any atom is 0.0666 e. The first-order chi connectivity index (χ1) is 6.95. The Labute approximate surface area is 104 Å². The van der Waals surface area contributed by atoms with Crippen LogP contribution in [0.5, 0.6) is 0 Å². The molecule has 0 bridgehead atoms. The molecule has 1 fully saturated rings. The average molecular weight is 248 g/mol. The fourth-order valence-corrected chi connectivity index (χ4v) is 4.31. The Bertz CT molecular complexity index is 189. The van der Waals surface area contributed by atoms with Gasteiger partial charge in [0, 0.05) is 11.9 Å². The Balaban J connectivity index is 2.34. The zero-order valence-electron chi connectivity index (χ0n) is 10.3. The van der Waals surface area contributed by atoms with Crippen molar-refractivity contribution in [3.63, 3.8) is 0 Å². The van der Waals surface area contributed by atoms with E-state index in [1.165, 1.54) is 12.2 Å². The summed E-state index contributed by atoms with van der Waals surface area (Å²) in [5.74, 6) is 2.89. The van der Waals surface area contributed by atoms with Crippen LogP contribution in [0, 0.1) is 11.3 Å². The van der Waals surface area contributed by atoms with E-state index in [2.05, 4.69) is 52.1 Å². The van der Waals surface area contributed by atoms with Gasteiger partial charge in [0.15, 0.2) is 0 Å². The monoisotopic (exact) mass is 248 g/mol. The van der Waals surface area contributed by atoms with Gasteiger partial charge in [0.05, 0.1) is 6.10 Å². The second-order valence-corrected chi connectivity index (χ2v) is 7.12. The molecule has 0 aromatic rings. The van der Waals surface area contributed by atoms with Gasteiger partial charge in [0.1, 0.15) is 0 Å². The molecule has 0 aromatic heterocycles. The van der Waals surface area contributed by atoms with Crippen molar-refractivity contribution in [3.8, 4) is 0 Å². The summed E-state index contributed by atoms with van der Waals surface area (Å²) < 4.78 is 5.58. The molecule has 1 heterocycles. The predicted octanol–water partition coefficient (Wildman–Crippen LogP) is 3.49. The highest BCUT2D eigenvalue weighted by Crippen LogP contribution is 2.34. The van der Waals surface area contributed by atoms with Crippen LogP contribution >= 0.6 is 24.4 Å². The molecule has 3 atom stereocenters. The minimum Gasteiger partial charge on any atom is -0.377 e. The van der Waals surface area contributed by atoms with E-state index < -0.39 is 0 Å². The lowest BCUT2D eigenvalue weighted by Gasteiger charge is -2.30. The Morgan fingerprint density at radius 1 is 1.47 bits per heavy atom. The van der Waals surface area contributed by atoms with Gasteiger partial charge in [-0.05, 0) is 36.2 Å². The first-order valence-corrected chi connectivity index (χ1v) is 7.47. The number of rotatable bonds is 4. The maximum atomic E-state index is 5.58. The number of ether oxygens (including phenoxy) is 1. The van der Waals surface area contributed by atoms with E-state index in [0.717, 1.165) is 12.4 Å². The van der Waals surface area contributed by atoms with Gasteiger partial charge in [-0.15, -0.1) is 0 Å². The Hall–Kier alpha value is 0.660. The molecular weight excluding hydrogens is 224 g/mol. The van der Waals surface area contributed by atoms with Gasteiger partial charge in [-0.25, -0.2) is 0 Å². The zero-order chi connectivity index (χ0) is 11.5. The standard InChI is InChI=1S/C12H24OS2/c1-9-11(5-6-13-9)15-8-10(7-14)12(2,3)4/h9-11,14H,5-8H2,1-4H3. The first-order valence-electron chi connectivity index (χ1n) is 5.79. The quantitative estimate of drug-likeness (QED) is 0.763. The summed E-state index contributed by atoms with van der Waals surface area (Å²) in [6.07, 6.45) is 1.66. The molecule has 1 aliphatic rings. The highest BCUT2D eigenvalue weighted by molar-refractivity contribution is 8.00. The molecular formula is C12H24OS2. The van der Waals surface area contributed by atoms with E-state index in [0.29, 0.717) is 22.7 Å². The molecule has 0 saturated carbocycles. The molecule has 1 nitrogen and oxygen atoms in total. The van der Waals surface area contributed by atoms with Gasteiger partial charge >= 0.3 is 0 Å². The van der Waals surface area contributed by atoms with Gasteiger partial charge in [0.25, 0.3) is 0 Å². The lowest BCUT2D eigenvalue weighted by Crippen LogP contribution is -2.26. The molecule has 1 aliphatic heterocycles. The second-order valence-electron chi connectivity index (χ2n) is 5.48. The lowest BCUT2D eigenvalue weighted by atomic mass is 9.83. The van der Waals surface area contributed by atoms with E-state index >= 15 is 0 Å². The summed E-state index contributed by atoms with van der Waals surface area (Å²) in [6.45, 7) is 10.1. The van der Waals surface area contributed by atoms with E-state index in [4.69, 9.17) is 4.74 Å². The van der Waals surface area contributed by atoms with Crippen LogP contribution in [0.2, 0.25) is 0 Å². The second kappa shape index (κ2) is 5.83. The highest BCUT2D eigenvalue weighted by atomic mass is 32.2. The molecule has 3 heteroatoms. The average Bonchev–Trinajstić information content (AvgIpc) is 2.50. The van der Waals surface area contributed by atoms with Crippen molar-refractivity contribution in [2.75, 3.05) is 18.1 Å². The fourth-order valence-electron chi connectivity index (χ4n) is 1.75. The van der Waals surface area contributed by atoms with Crippen LogP contribution < -0.4 is 0 Å². The Morgan fingerprint density at radius 2 is 2.13 bits per heavy atom. The molecule has 15 heavy (non-hydrogen) atoms. The van der Waals surface area contributed by atoms with E-state index in [9.17, 15) is 0 Å². The summed E-state index contributed by atoms with van der Waals surface area (Å²) in [5, 5.41) is 0.703. The first kappa shape index (κ1) is 13.7. The van der Waals surface area contributed by atoms with Crippen LogP contribution in [0.4, 0.5) is 0 Å². The number of thiol groups is 1. The van der Waals surface area contributed by atoms with Gasteiger partial charge in [-0.1, -0.05) is 20.8 Å².